The predicted molar refractivity (Wildman–Crippen MR) is 112 cm³/mol. The fourth-order valence-corrected chi connectivity index (χ4v) is 3.47. The molecule has 0 bridgehead atoms. The van der Waals surface area contributed by atoms with Crippen LogP contribution in [0.5, 0.6) is 0 Å². The number of H-pyrrole nitrogens is 1. The standard InChI is InChI=1S/C21H20N8O2/c30-20(18-5-1-4-15(26-18)16-8-10-24-28-16)25-14-6-7-17(23-12-14)19-27-21(31-29-19)13-3-2-9-22-11-13/h1,4-8,10,12-13,22H,2-3,9,11H2,(H,24,28)(H,25,30)/t13-/m0/s1. The molecular weight excluding hydrogens is 396 g/mol. The molecule has 10 heteroatoms. The average molecular weight is 416 g/mol. The molecule has 1 aliphatic rings. The quantitative estimate of drug-likeness (QED) is 0.452. The molecule has 0 aliphatic carbocycles. The Labute approximate surface area is 177 Å². The summed E-state index contributed by atoms with van der Waals surface area (Å²) in [7, 11) is 0. The van der Waals surface area contributed by atoms with Gasteiger partial charge in [-0.3, -0.25) is 14.9 Å². The van der Waals surface area contributed by atoms with Crippen LogP contribution in [-0.4, -0.2) is 49.3 Å². The van der Waals surface area contributed by atoms with Crippen molar-refractivity contribution in [3.63, 3.8) is 0 Å². The lowest BCUT2D eigenvalue weighted by Crippen LogP contribution is -2.28. The van der Waals surface area contributed by atoms with E-state index in [2.05, 4.69) is 40.9 Å². The lowest BCUT2D eigenvalue weighted by Gasteiger charge is -2.18. The van der Waals surface area contributed by atoms with Crippen molar-refractivity contribution >= 4 is 11.6 Å². The maximum atomic E-state index is 12.6. The van der Waals surface area contributed by atoms with E-state index in [0.29, 0.717) is 34.5 Å². The first-order chi connectivity index (χ1) is 15.3. The van der Waals surface area contributed by atoms with Gasteiger partial charge in [-0.25, -0.2) is 4.98 Å². The molecule has 31 heavy (non-hydrogen) atoms. The Hall–Kier alpha value is -3.92. The Morgan fingerprint density at radius 1 is 1.13 bits per heavy atom. The molecule has 1 aliphatic heterocycles. The van der Waals surface area contributed by atoms with Gasteiger partial charge in [-0.05, 0) is 49.7 Å². The zero-order chi connectivity index (χ0) is 21.0. The average Bonchev–Trinajstić information content (AvgIpc) is 3.53. The number of anilines is 1. The fraction of sp³-hybridized carbons (Fsp3) is 0.238. The van der Waals surface area contributed by atoms with Crippen molar-refractivity contribution in [2.75, 3.05) is 18.4 Å². The number of hydrogen-bond acceptors (Lipinski definition) is 8. The van der Waals surface area contributed by atoms with Crippen molar-refractivity contribution in [1.82, 2.24) is 35.6 Å². The van der Waals surface area contributed by atoms with Gasteiger partial charge in [0, 0.05) is 12.7 Å². The summed E-state index contributed by atoms with van der Waals surface area (Å²) in [5.41, 5.74) is 2.79. The first-order valence-corrected chi connectivity index (χ1v) is 10.1. The molecule has 3 N–H and O–H groups in total. The Morgan fingerprint density at radius 3 is 2.87 bits per heavy atom. The van der Waals surface area contributed by atoms with Gasteiger partial charge in [0.05, 0.1) is 29.2 Å². The van der Waals surface area contributed by atoms with Gasteiger partial charge in [0.25, 0.3) is 5.91 Å². The Kier molecular flexibility index (Phi) is 5.19. The van der Waals surface area contributed by atoms with Gasteiger partial charge in [-0.1, -0.05) is 11.2 Å². The number of hydrogen-bond donors (Lipinski definition) is 3. The van der Waals surface area contributed by atoms with E-state index in [-0.39, 0.29) is 11.8 Å². The monoisotopic (exact) mass is 416 g/mol. The smallest absolute Gasteiger partial charge is 0.274 e. The topological polar surface area (TPSA) is 135 Å². The number of rotatable bonds is 5. The summed E-state index contributed by atoms with van der Waals surface area (Å²) in [5, 5.41) is 16.9. The molecule has 5 heterocycles. The normalized spacial score (nSPS) is 16.2. The van der Waals surface area contributed by atoms with E-state index in [1.54, 1.807) is 42.7 Å². The summed E-state index contributed by atoms with van der Waals surface area (Å²) in [6.07, 6.45) is 5.32. The third-order valence-electron chi connectivity index (χ3n) is 5.10. The molecule has 4 aromatic rings. The molecule has 4 aromatic heterocycles. The van der Waals surface area contributed by atoms with Crippen LogP contribution >= 0.6 is 0 Å². The van der Waals surface area contributed by atoms with Gasteiger partial charge in [0.2, 0.25) is 11.7 Å². The number of nitrogens with zero attached hydrogens (tertiary/aromatic N) is 5. The lowest BCUT2D eigenvalue weighted by molar-refractivity contribution is 0.102. The number of amides is 1. The van der Waals surface area contributed by atoms with Gasteiger partial charge in [0.1, 0.15) is 11.4 Å². The van der Waals surface area contributed by atoms with Crippen molar-refractivity contribution in [1.29, 1.82) is 0 Å². The predicted octanol–water partition coefficient (Wildman–Crippen LogP) is 2.64. The van der Waals surface area contributed by atoms with Crippen LogP contribution in [-0.2, 0) is 0 Å². The van der Waals surface area contributed by atoms with Crippen molar-refractivity contribution in [3.05, 3.63) is 60.4 Å². The van der Waals surface area contributed by atoms with E-state index in [9.17, 15) is 4.79 Å². The van der Waals surface area contributed by atoms with Crippen LogP contribution in [0.15, 0.2) is 53.3 Å². The molecule has 1 atom stereocenters. The third-order valence-corrected chi connectivity index (χ3v) is 5.10. The SMILES string of the molecule is O=C(Nc1ccc(-c2noc([C@H]3CCCNC3)n2)nc1)c1cccc(-c2ccn[nH]2)n1. The van der Waals surface area contributed by atoms with E-state index >= 15 is 0 Å². The Morgan fingerprint density at radius 2 is 2.10 bits per heavy atom. The summed E-state index contributed by atoms with van der Waals surface area (Å²) in [6, 6.07) is 10.5. The highest BCUT2D eigenvalue weighted by molar-refractivity contribution is 6.03. The zero-order valence-electron chi connectivity index (χ0n) is 16.6. The van der Waals surface area contributed by atoms with Crippen molar-refractivity contribution in [2.45, 2.75) is 18.8 Å². The first-order valence-electron chi connectivity index (χ1n) is 10.1. The Bertz CT molecular complexity index is 1160. The first kappa shape index (κ1) is 19.1. The highest BCUT2D eigenvalue weighted by atomic mass is 16.5. The second-order valence-corrected chi connectivity index (χ2v) is 7.26. The highest BCUT2D eigenvalue weighted by Crippen LogP contribution is 2.24. The summed E-state index contributed by atoms with van der Waals surface area (Å²) in [5.74, 6) is 0.970. The number of pyridine rings is 2. The molecule has 10 nitrogen and oxygen atoms in total. The minimum absolute atomic E-state index is 0.235. The van der Waals surface area contributed by atoms with Gasteiger partial charge in [0.15, 0.2) is 0 Å². The van der Waals surface area contributed by atoms with Crippen LogP contribution in [0.3, 0.4) is 0 Å². The van der Waals surface area contributed by atoms with E-state index < -0.39 is 0 Å². The number of aromatic nitrogens is 6. The second kappa shape index (κ2) is 8.44. The van der Waals surface area contributed by atoms with E-state index in [1.807, 2.05) is 6.07 Å². The third kappa shape index (κ3) is 4.19. The van der Waals surface area contributed by atoms with E-state index in [4.69, 9.17) is 4.52 Å². The van der Waals surface area contributed by atoms with Crippen LogP contribution in [0.25, 0.3) is 22.9 Å². The minimum atomic E-state index is -0.331. The number of carbonyl (C=O) groups excluding carboxylic acids is 1. The van der Waals surface area contributed by atoms with E-state index in [0.717, 1.165) is 31.6 Å². The summed E-state index contributed by atoms with van der Waals surface area (Å²) < 4.78 is 5.43. The van der Waals surface area contributed by atoms with Crippen LogP contribution < -0.4 is 10.6 Å². The molecule has 1 fully saturated rings. The lowest BCUT2D eigenvalue weighted by atomic mass is 10.00. The molecular formula is C21H20N8O2. The number of piperidine rings is 1. The van der Waals surface area contributed by atoms with Crippen LogP contribution in [0.4, 0.5) is 5.69 Å². The second-order valence-electron chi connectivity index (χ2n) is 7.26. The molecule has 156 valence electrons. The maximum absolute atomic E-state index is 12.6. The highest BCUT2D eigenvalue weighted by Gasteiger charge is 2.22. The van der Waals surface area contributed by atoms with Crippen molar-refractivity contribution in [2.24, 2.45) is 0 Å². The van der Waals surface area contributed by atoms with Crippen LogP contribution in [0, 0.1) is 0 Å². The molecule has 0 spiro atoms. The number of nitrogens with one attached hydrogen (secondary N) is 3. The number of carbonyl (C=O) groups is 1. The maximum Gasteiger partial charge on any atom is 0.274 e. The summed E-state index contributed by atoms with van der Waals surface area (Å²) in [6.45, 7) is 1.87. The fourth-order valence-electron chi connectivity index (χ4n) is 3.47. The molecule has 0 radical (unpaired) electrons. The van der Waals surface area contributed by atoms with Crippen molar-refractivity contribution < 1.29 is 9.32 Å². The molecule has 5 rings (SSSR count). The molecule has 1 amide bonds. The summed E-state index contributed by atoms with van der Waals surface area (Å²) in [4.78, 5) is 25.8. The van der Waals surface area contributed by atoms with Gasteiger partial charge < -0.3 is 15.2 Å². The molecule has 0 aromatic carbocycles. The summed E-state index contributed by atoms with van der Waals surface area (Å²) >= 11 is 0. The van der Waals surface area contributed by atoms with Gasteiger partial charge in [-0.2, -0.15) is 10.1 Å². The van der Waals surface area contributed by atoms with Crippen LogP contribution in [0.1, 0.15) is 35.1 Å². The molecule has 0 unspecified atom stereocenters. The number of aromatic amines is 1. The van der Waals surface area contributed by atoms with E-state index in [1.165, 1.54) is 0 Å². The van der Waals surface area contributed by atoms with Gasteiger partial charge >= 0.3 is 0 Å². The molecule has 0 saturated carbocycles. The Balaban J connectivity index is 1.27. The van der Waals surface area contributed by atoms with Crippen molar-refractivity contribution in [3.8, 4) is 22.9 Å². The van der Waals surface area contributed by atoms with Crippen LogP contribution in [0.2, 0.25) is 0 Å². The zero-order valence-corrected chi connectivity index (χ0v) is 16.6. The molecule has 1 saturated heterocycles. The largest absolute Gasteiger partial charge is 0.339 e. The minimum Gasteiger partial charge on any atom is -0.339 e. The van der Waals surface area contributed by atoms with Gasteiger partial charge in [-0.15, -0.1) is 0 Å².